The van der Waals surface area contributed by atoms with Gasteiger partial charge in [-0.3, -0.25) is 0 Å². The maximum Gasteiger partial charge on any atom is 0.139 e. The van der Waals surface area contributed by atoms with Crippen LogP contribution in [0.4, 0.5) is 5.69 Å². The average Bonchev–Trinajstić information content (AvgIpc) is 2.46. The zero-order valence-electron chi connectivity index (χ0n) is 13.0. The van der Waals surface area contributed by atoms with Crippen molar-refractivity contribution >= 4 is 30.5 Å². The number of hydrogen-bond acceptors (Lipinski definition) is 2. The fourth-order valence-electron chi connectivity index (χ4n) is 2.10. The van der Waals surface area contributed by atoms with Crippen molar-refractivity contribution in [2.24, 2.45) is 0 Å². The van der Waals surface area contributed by atoms with Gasteiger partial charge < -0.3 is 10.1 Å². The van der Waals surface area contributed by atoms with Gasteiger partial charge in [-0.1, -0.05) is 60.7 Å². The topological polar surface area (TPSA) is 21.3 Å². The lowest BCUT2D eigenvalue weighted by Crippen LogP contribution is -2.37. The Hall–Kier alpha value is -1.45. The summed E-state index contributed by atoms with van der Waals surface area (Å²) in [6.45, 7) is 7.87. The largest absolute Gasteiger partial charge is 0.495 e. The molecule has 2 nitrogen and oxygen atoms in total. The number of ether oxygens (including phenoxy) is 1. The van der Waals surface area contributed by atoms with E-state index in [0.717, 1.165) is 12.2 Å². The molecule has 0 amide bonds. The molecule has 0 radical (unpaired) electrons. The molecule has 2 rings (SSSR count). The molecular weight excluding hydrogens is 298 g/mol. The molecule has 0 aromatic heterocycles. The lowest BCUT2D eigenvalue weighted by molar-refractivity contribution is 0.415. The van der Waals surface area contributed by atoms with E-state index in [0.29, 0.717) is 10.8 Å². The summed E-state index contributed by atoms with van der Waals surface area (Å²) in [4.78, 5) is 0. The molecule has 0 heterocycles. The maximum absolute atomic E-state index is 6.02. The second-order valence-corrected chi connectivity index (χ2v) is 11.6. The van der Waals surface area contributed by atoms with E-state index in [4.69, 9.17) is 16.3 Å². The predicted octanol–water partition coefficient (Wildman–Crippen LogP) is 4.51. The Balaban J connectivity index is 2.03. The molecule has 0 aliphatic heterocycles. The third kappa shape index (κ3) is 4.25. The first-order valence-electron chi connectivity index (χ1n) is 7.07. The molecule has 0 aliphatic rings. The van der Waals surface area contributed by atoms with Crippen LogP contribution in [0, 0.1) is 0 Å². The summed E-state index contributed by atoms with van der Waals surface area (Å²) in [7, 11) is 0.412. The molecule has 0 atom stereocenters. The van der Waals surface area contributed by atoms with Crippen molar-refractivity contribution in [2.45, 2.75) is 26.2 Å². The van der Waals surface area contributed by atoms with Crippen molar-refractivity contribution < 1.29 is 4.74 Å². The molecule has 1 N–H and O–H groups in total. The highest BCUT2D eigenvalue weighted by atomic mass is 35.5. The van der Waals surface area contributed by atoms with Gasteiger partial charge in [0.25, 0.3) is 0 Å². The molecule has 21 heavy (non-hydrogen) atoms. The highest BCUT2D eigenvalue weighted by Gasteiger charge is 2.15. The highest BCUT2D eigenvalue weighted by Crippen LogP contribution is 2.27. The van der Waals surface area contributed by atoms with Gasteiger partial charge in [0.1, 0.15) is 5.75 Å². The number of benzene rings is 2. The second kappa shape index (κ2) is 6.54. The molecule has 0 aliphatic carbocycles. The van der Waals surface area contributed by atoms with Gasteiger partial charge >= 0.3 is 0 Å². The lowest BCUT2D eigenvalue weighted by Gasteiger charge is -2.17. The zero-order valence-corrected chi connectivity index (χ0v) is 14.8. The SMILES string of the molecule is COc1cc(NCc2ccc([Si](C)(C)C)cc2)ccc1Cl. The molecule has 0 unspecified atom stereocenters. The quantitative estimate of drug-likeness (QED) is 0.819. The summed E-state index contributed by atoms with van der Waals surface area (Å²) in [5.41, 5.74) is 2.27. The molecule has 0 spiro atoms. The van der Waals surface area contributed by atoms with Gasteiger partial charge in [-0.25, -0.2) is 0 Å². The summed E-state index contributed by atoms with van der Waals surface area (Å²) in [6, 6.07) is 14.6. The van der Waals surface area contributed by atoms with Crippen molar-refractivity contribution in [3.63, 3.8) is 0 Å². The number of halogens is 1. The van der Waals surface area contributed by atoms with Crippen LogP contribution in [-0.2, 0) is 6.54 Å². The van der Waals surface area contributed by atoms with E-state index < -0.39 is 8.07 Å². The first-order chi connectivity index (χ1) is 9.90. The van der Waals surface area contributed by atoms with E-state index in [9.17, 15) is 0 Å². The minimum atomic E-state index is -1.21. The van der Waals surface area contributed by atoms with Gasteiger partial charge in [-0.05, 0) is 17.7 Å². The van der Waals surface area contributed by atoms with E-state index in [1.54, 1.807) is 7.11 Å². The molecule has 4 heteroatoms. The van der Waals surface area contributed by atoms with E-state index in [-0.39, 0.29) is 0 Å². The molecule has 0 fully saturated rings. The Morgan fingerprint density at radius 3 is 2.29 bits per heavy atom. The Kier molecular flexibility index (Phi) is 4.96. The summed E-state index contributed by atoms with van der Waals surface area (Å²) in [5, 5.41) is 5.51. The van der Waals surface area contributed by atoms with Gasteiger partial charge in [0.05, 0.1) is 20.2 Å². The van der Waals surface area contributed by atoms with Crippen LogP contribution < -0.4 is 15.2 Å². The highest BCUT2D eigenvalue weighted by molar-refractivity contribution is 6.88. The lowest BCUT2D eigenvalue weighted by atomic mass is 10.2. The number of rotatable bonds is 5. The fraction of sp³-hybridized carbons (Fsp3) is 0.294. The van der Waals surface area contributed by atoms with Gasteiger partial charge in [0.2, 0.25) is 0 Å². The second-order valence-electron chi connectivity index (χ2n) is 6.15. The van der Waals surface area contributed by atoms with Crippen molar-refractivity contribution in [3.8, 4) is 5.75 Å². The van der Waals surface area contributed by atoms with Crippen LogP contribution in [0.3, 0.4) is 0 Å². The summed E-state index contributed by atoms with van der Waals surface area (Å²) >= 11 is 6.02. The normalized spacial score (nSPS) is 11.3. The molecular formula is C17H22ClNOSi. The Morgan fingerprint density at radius 2 is 1.71 bits per heavy atom. The summed E-state index contributed by atoms with van der Waals surface area (Å²) in [6.07, 6.45) is 0. The van der Waals surface area contributed by atoms with Gasteiger partial charge in [-0.2, -0.15) is 0 Å². The van der Waals surface area contributed by atoms with Crippen LogP contribution in [0.5, 0.6) is 5.75 Å². The van der Waals surface area contributed by atoms with Crippen LogP contribution in [0.2, 0.25) is 24.7 Å². The van der Waals surface area contributed by atoms with Gasteiger partial charge in [0, 0.05) is 18.3 Å². The maximum atomic E-state index is 6.02. The van der Waals surface area contributed by atoms with E-state index >= 15 is 0 Å². The van der Waals surface area contributed by atoms with Crippen LogP contribution in [0.1, 0.15) is 5.56 Å². The molecule has 2 aromatic carbocycles. The van der Waals surface area contributed by atoms with Crippen LogP contribution in [0.15, 0.2) is 42.5 Å². The Morgan fingerprint density at radius 1 is 1.05 bits per heavy atom. The van der Waals surface area contributed by atoms with E-state index in [1.807, 2.05) is 18.2 Å². The third-order valence-electron chi connectivity index (χ3n) is 3.47. The number of nitrogens with one attached hydrogen (secondary N) is 1. The fourth-order valence-corrected chi connectivity index (χ4v) is 3.46. The van der Waals surface area contributed by atoms with Crippen LogP contribution in [-0.4, -0.2) is 15.2 Å². The van der Waals surface area contributed by atoms with Gasteiger partial charge in [0.15, 0.2) is 0 Å². The standard InChI is InChI=1S/C17H22ClNOSi/c1-20-17-11-14(7-10-16(17)18)19-12-13-5-8-15(9-6-13)21(2,3)4/h5-11,19H,12H2,1-4H3. The molecule has 112 valence electrons. The van der Waals surface area contributed by atoms with E-state index in [2.05, 4.69) is 49.2 Å². The number of methoxy groups -OCH3 is 1. The summed E-state index contributed by atoms with van der Waals surface area (Å²) in [5.74, 6) is 0.691. The van der Waals surface area contributed by atoms with Crippen molar-refractivity contribution in [2.75, 3.05) is 12.4 Å². The minimum Gasteiger partial charge on any atom is -0.495 e. The molecule has 2 aromatic rings. The van der Waals surface area contributed by atoms with Crippen LogP contribution in [0.25, 0.3) is 0 Å². The van der Waals surface area contributed by atoms with Crippen molar-refractivity contribution in [3.05, 3.63) is 53.1 Å². The zero-order chi connectivity index (χ0) is 15.5. The number of hydrogen-bond donors (Lipinski definition) is 1. The Labute approximate surface area is 133 Å². The first kappa shape index (κ1) is 15.9. The third-order valence-corrected chi connectivity index (χ3v) is 5.85. The van der Waals surface area contributed by atoms with Crippen LogP contribution >= 0.6 is 11.6 Å². The Bertz CT molecular complexity index is 605. The molecule has 0 saturated carbocycles. The summed E-state index contributed by atoms with van der Waals surface area (Å²) < 4.78 is 5.22. The van der Waals surface area contributed by atoms with Crippen molar-refractivity contribution in [1.29, 1.82) is 0 Å². The van der Waals surface area contributed by atoms with Crippen molar-refractivity contribution in [1.82, 2.24) is 0 Å². The average molecular weight is 320 g/mol. The predicted molar refractivity (Wildman–Crippen MR) is 94.8 cm³/mol. The van der Waals surface area contributed by atoms with Gasteiger partial charge in [-0.15, -0.1) is 0 Å². The number of anilines is 1. The molecule has 0 bridgehead atoms. The first-order valence-corrected chi connectivity index (χ1v) is 10.9. The monoisotopic (exact) mass is 319 g/mol. The minimum absolute atomic E-state index is 0.627. The smallest absolute Gasteiger partial charge is 0.139 e. The van der Waals surface area contributed by atoms with E-state index in [1.165, 1.54) is 10.8 Å². The molecule has 0 saturated heterocycles.